The fourth-order valence-corrected chi connectivity index (χ4v) is 2.03. The van der Waals surface area contributed by atoms with Crippen molar-refractivity contribution in [2.45, 2.75) is 39.2 Å². The lowest BCUT2D eigenvalue weighted by atomic mass is 10.1. The molecule has 5 heteroatoms. The number of hydrogen-bond acceptors (Lipinski definition) is 3. The number of para-hydroxylation sites is 1. The molecule has 0 fully saturated rings. The SMILES string of the molecule is COC(C)CCC(=O)N(CCC(=O)O)c1ccccc1C. The number of nitrogens with zero attached hydrogens (tertiary/aromatic N) is 1. The van der Waals surface area contributed by atoms with Gasteiger partial charge in [-0.2, -0.15) is 0 Å². The maximum Gasteiger partial charge on any atom is 0.305 e. The number of methoxy groups -OCH3 is 1. The van der Waals surface area contributed by atoms with Crippen LogP contribution in [-0.2, 0) is 14.3 Å². The van der Waals surface area contributed by atoms with Gasteiger partial charge < -0.3 is 14.7 Å². The van der Waals surface area contributed by atoms with Crippen LogP contribution in [0.15, 0.2) is 24.3 Å². The van der Waals surface area contributed by atoms with Crippen molar-refractivity contribution in [1.82, 2.24) is 0 Å². The van der Waals surface area contributed by atoms with Gasteiger partial charge in [0.25, 0.3) is 0 Å². The lowest BCUT2D eigenvalue weighted by Gasteiger charge is -2.24. The highest BCUT2D eigenvalue weighted by molar-refractivity contribution is 5.94. The van der Waals surface area contributed by atoms with Crippen LogP contribution in [0.3, 0.4) is 0 Å². The van der Waals surface area contributed by atoms with E-state index in [0.29, 0.717) is 12.8 Å². The van der Waals surface area contributed by atoms with Gasteiger partial charge in [-0.25, -0.2) is 0 Å². The third-order valence-electron chi connectivity index (χ3n) is 3.42. The van der Waals surface area contributed by atoms with E-state index in [1.807, 2.05) is 38.1 Å². The number of carboxylic acids is 1. The Kier molecular flexibility index (Phi) is 6.88. The van der Waals surface area contributed by atoms with E-state index >= 15 is 0 Å². The molecule has 116 valence electrons. The molecule has 0 aliphatic rings. The largest absolute Gasteiger partial charge is 0.481 e. The first-order valence-electron chi connectivity index (χ1n) is 7.06. The number of rotatable bonds is 8. The van der Waals surface area contributed by atoms with E-state index in [9.17, 15) is 9.59 Å². The second-order valence-corrected chi connectivity index (χ2v) is 5.06. The van der Waals surface area contributed by atoms with E-state index in [1.165, 1.54) is 0 Å². The number of aryl methyl sites for hydroxylation is 1. The van der Waals surface area contributed by atoms with Crippen molar-refractivity contribution in [3.63, 3.8) is 0 Å². The summed E-state index contributed by atoms with van der Waals surface area (Å²) in [5, 5.41) is 8.86. The summed E-state index contributed by atoms with van der Waals surface area (Å²) in [6.45, 7) is 4.00. The highest BCUT2D eigenvalue weighted by Crippen LogP contribution is 2.21. The average Bonchev–Trinajstić information content (AvgIpc) is 2.46. The maximum atomic E-state index is 12.4. The van der Waals surface area contributed by atoms with E-state index in [2.05, 4.69) is 0 Å². The highest BCUT2D eigenvalue weighted by atomic mass is 16.5. The fraction of sp³-hybridized carbons (Fsp3) is 0.500. The molecule has 0 aliphatic carbocycles. The number of anilines is 1. The van der Waals surface area contributed by atoms with Gasteiger partial charge in [0.1, 0.15) is 0 Å². The molecular weight excluding hydrogens is 270 g/mol. The van der Waals surface area contributed by atoms with Crippen molar-refractivity contribution in [2.75, 3.05) is 18.6 Å². The van der Waals surface area contributed by atoms with Crippen LogP contribution in [0.25, 0.3) is 0 Å². The van der Waals surface area contributed by atoms with Crippen molar-refractivity contribution in [3.05, 3.63) is 29.8 Å². The molecule has 1 N–H and O–H groups in total. The molecule has 1 aromatic carbocycles. The Balaban J connectivity index is 2.84. The number of benzene rings is 1. The minimum Gasteiger partial charge on any atom is -0.481 e. The van der Waals surface area contributed by atoms with Crippen LogP contribution in [0.2, 0.25) is 0 Å². The molecule has 0 heterocycles. The van der Waals surface area contributed by atoms with Gasteiger partial charge in [0, 0.05) is 25.8 Å². The van der Waals surface area contributed by atoms with Gasteiger partial charge >= 0.3 is 5.97 Å². The Morgan fingerprint density at radius 1 is 1.29 bits per heavy atom. The summed E-state index contributed by atoms with van der Waals surface area (Å²) in [6.07, 6.45) is 0.889. The first kappa shape index (κ1) is 17.2. The molecule has 1 atom stereocenters. The van der Waals surface area contributed by atoms with E-state index in [1.54, 1.807) is 12.0 Å². The first-order chi connectivity index (χ1) is 9.95. The third-order valence-corrected chi connectivity index (χ3v) is 3.42. The lowest BCUT2D eigenvalue weighted by Crippen LogP contribution is -2.34. The number of carboxylic acid groups (broad SMARTS) is 1. The van der Waals surface area contributed by atoms with Crippen molar-refractivity contribution < 1.29 is 19.4 Å². The molecule has 21 heavy (non-hydrogen) atoms. The molecule has 1 rings (SSSR count). The van der Waals surface area contributed by atoms with E-state index in [0.717, 1.165) is 11.3 Å². The Labute approximate surface area is 125 Å². The van der Waals surface area contributed by atoms with Gasteiger partial charge in [-0.3, -0.25) is 9.59 Å². The lowest BCUT2D eigenvalue weighted by molar-refractivity contribution is -0.136. The smallest absolute Gasteiger partial charge is 0.305 e. The summed E-state index contributed by atoms with van der Waals surface area (Å²) >= 11 is 0. The summed E-state index contributed by atoms with van der Waals surface area (Å²) in [5.41, 5.74) is 1.73. The molecule has 1 aromatic rings. The maximum absolute atomic E-state index is 12.4. The normalized spacial score (nSPS) is 12.0. The molecule has 0 aliphatic heterocycles. The summed E-state index contributed by atoms with van der Waals surface area (Å²) in [4.78, 5) is 24.8. The topological polar surface area (TPSA) is 66.8 Å². The van der Waals surface area contributed by atoms with Crippen molar-refractivity contribution in [2.24, 2.45) is 0 Å². The van der Waals surface area contributed by atoms with Gasteiger partial charge in [-0.1, -0.05) is 18.2 Å². The molecule has 1 amide bonds. The van der Waals surface area contributed by atoms with Crippen LogP contribution in [0.4, 0.5) is 5.69 Å². The summed E-state index contributed by atoms with van der Waals surface area (Å²) < 4.78 is 5.14. The summed E-state index contributed by atoms with van der Waals surface area (Å²) in [5.74, 6) is -0.985. The zero-order valence-corrected chi connectivity index (χ0v) is 12.8. The second-order valence-electron chi connectivity index (χ2n) is 5.06. The fourth-order valence-electron chi connectivity index (χ4n) is 2.03. The minimum absolute atomic E-state index is 0.00661. The van der Waals surface area contributed by atoms with Gasteiger partial charge in [0.2, 0.25) is 5.91 Å². The number of carbonyl (C=O) groups is 2. The minimum atomic E-state index is -0.911. The second kappa shape index (κ2) is 8.42. The van der Waals surface area contributed by atoms with E-state index < -0.39 is 5.97 Å². The predicted octanol–water partition coefficient (Wildman–Crippen LogP) is 2.62. The predicted molar refractivity (Wildman–Crippen MR) is 81.5 cm³/mol. The van der Waals surface area contributed by atoms with Crippen LogP contribution in [0.1, 0.15) is 31.7 Å². The Bertz CT molecular complexity index is 487. The average molecular weight is 293 g/mol. The quantitative estimate of drug-likeness (QED) is 0.800. The highest BCUT2D eigenvalue weighted by Gasteiger charge is 2.19. The molecule has 0 saturated carbocycles. The van der Waals surface area contributed by atoms with E-state index in [-0.39, 0.29) is 25.0 Å². The Hall–Kier alpha value is -1.88. The van der Waals surface area contributed by atoms with Crippen LogP contribution < -0.4 is 4.90 Å². The van der Waals surface area contributed by atoms with Crippen LogP contribution in [-0.4, -0.2) is 36.7 Å². The molecule has 0 bridgehead atoms. The summed E-state index contributed by atoms with van der Waals surface area (Å²) in [7, 11) is 1.61. The third kappa shape index (κ3) is 5.55. The van der Waals surface area contributed by atoms with Crippen molar-refractivity contribution in [3.8, 4) is 0 Å². The molecule has 1 unspecified atom stereocenters. The standard InChI is InChI=1S/C16H23NO4/c1-12-6-4-5-7-14(12)17(11-10-16(19)20)15(18)9-8-13(2)21-3/h4-7,13H,8-11H2,1-3H3,(H,19,20). The van der Waals surface area contributed by atoms with Crippen molar-refractivity contribution in [1.29, 1.82) is 0 Å². The Morgan fingerprint density at radius 3 is 2.52 bits per heavy atom. The molecule has 0 radical (unpaired) electrons. The molecule has 0 aromatic heterocycles. The number of aliphatic carboxylic acids is 1. The van der Waals surface area contributed by atoms with Crippen molar-refractivity contribution >= 4 is 17.6 Å². The zero-order valence-electron chi connectivity index (χ0n) is 12.8. The molecular formula is C16H23NO4. The van der Waals surface area contributed by atoms with Crippen LogP contribution in [0.5, 0.6) is 0 Å². The van der Waals surface area contributed by atoms with Gasteiger partial charge in [0.15, 0.2) is 0 Å². The molecule has 0 spiro atoms. The van der Waals surface area contributed by atoms with Gasteiger partial charge in [0.05, 0.1) is 12.5 Å². The Morgan fingerprint density at radius 2 is 1.95 bits per heavy atom. The summed E-state index contributed by atoms with van der Waals surface area (Å²) in [6, 6.07) is 7.50. The zero-order chi connectivity index (χ0) is 15.8. The van der Waals surface area contributed by atoms with E-state index in [4.69, 9.17) is 9.84 Å². The van der Waals surface area contributed by atoms with Crippen LogP contribution in [0, 0.1) is 6.92 Å². The molecule has 5 nitrogen and oxygen atoms in total. The van der Waals surface area contributed by atoms with Gasteiger partial charge in [-0.05, 0) is 31.9 Å². The molecule has 0 saturated heterocycles. The number of ether oxygens (including phenoxy) is 1. The van der Waals surface area contributed by atoms with Crippen LogP contribution >= 0.6 is 0 Å². The van der Waals surface area contributed by atoms with Gasteiger partial charge in [-0.15, -0.1) is 0 Å². The number of carbonyl (C=O) groups excluding carboxylic acids is 1. The number of hydrogen-bond donors (Lipinski definition) is 1. The first-order valence-corrected chi connectivity index (χ1v) is 7.06. The monoisotopic (exact) mass is 293 g/mol. The number of amides is 1.